The van der Waals surface area contributed by atoms with E-state index in [0.717, 1.165) is 34.7 Å². The molecule has 2 aromatic carbocycles. The van der Waals surface area contributed by atoms with E-state index < -0.39 is 0 Å². The Hall–Kier alpha value is -2.20. The van der Waals surface area contributed by atoms with E-state index >= 15 is 0 Å². The van der Waals surface area contributed by atoms with Crippen molar-refractivity contribution in [2.45, 2.75) is 25.6 Å². The highest BCUT2D eigenvalue weighted by molar-refractivity contribution is 5.52. The van der Waals surface area contributed by atoms with Gasteiger partial charge >= 0.3 is 0 Å². The Balaban J connectivity index is 1.81. The van der Waals surface area contributed by atoms with Gasteiger partial charge < -0.3 is 19.9 Å². The molecule has 4 rings (SSSR count). The third-order valence-electron chi connectivity index (χ3n) is 4.03. The van der Waals surface area contributed by atoms with Crippen molar-refractivity contribution < 1.29 is 14.2 Å². The van der Waals surface area contributed by atoms with Gasteiger partial charge in [0.15, 0.2) is 11.5 Å². The Morgan fingerprint density at radius 3 is 2.52 bits per heavy atom. The third-order valence-corrected chi connectivity index (χ3v) is 4.03. The van der Waals surface area contributed by atoms with Gasteiger partial charge in [-0.2, -0.15) is 0 Å². The van der Waals surface area contributed by atoms with Crippen LogP contribution in [-0.2, 0) is 11.2 Å². The van der Waals surface area contributed by atoms with Gasteiger partial charge in [0.25, 0.3) is 0 Å². The van der Waals surface area contributed by atoms with Gasteiger partial charge in [0.05, 0.1) is 6.10 Å². The van der Waals surface area contributed by atoms with Gasteiger partial charge in [0, 0.05) is 5.69 Å². The summed E-state index contributed by atoms with van der Waals surface area (Å²) in [7, 11) is 0. The summed E-state index contributed by atoms with van der Waals surface area (Å²) in [5.74, 6) is 1.63. The first kappa shape index (κ1) is 12.5. The van der Waals surface area contributed by atoms with E-state index in [-0.39, 0.29) is 12.2 Å². The Kier molecular flexibility index (Phi) is 2.79. The minimum atomic E-state index is -0.0844. The fraction of sp³-hybridized carbons (Fsp3) is 0.294. The van der Waals surface area contributed by atoms with E-state index in [1.807, 2.05) is 30.3 Å². The first-order chi connectivity index (χ1) is 10.2. The molecule has 0 saturated carbocycles. The molecule has 0 spiro atoms. The molecule has 4 heteroatoms. The van der Waals surface area contributed by atoms with Gasteiger partial charge in [-0.05, 0) is 54.3 Å². The van der Waals surface area contributed by atoms with Crippen molar-refractivity contribution in [3.63, 3.8) is 0 Å². The molecule has 2 aromatic rings. The second kappa shape index (κ2) is 4.67. The normalized spacial score (nSPS) is 22.9. The molecule has 2 heterocycles. The lowest BCUT2D eigenvalue weighted by molar-refractivity contribution is 0.00720. The molecule has 0 bridgehead atoms. The van der Waals surface area contributed by atoms with Crippen molar-refractivity contribution >= 4 is 5.69 Å². The number of hydrogen-bond donors (Lipinski definition) is 1. The summed E-state index contributed by atoms with van der Waals surface area (Å²) < 4.78 is 17.1. The summed E-state index contributed by atoms with van der Waals surface area (Å²) in [5, 5.41) is 0. The highest BCUT2D eigenvalue weighted by Crippen LogP contribution is 2.42. The average molecular weight is 283 g/mol. The molecular weight excluding hydrogens is 266 g/mol. The molecule has 108 valence electrons. The van der Waals surface area contributed by atoms with Crippen molar-refractivity contribution in [1.82, 2.24) is 0 Å². The highest BCUT2D eigenvalue weighted by atomic mass is 16.7. The van der Waals surface area contributed by atoms with Crippen molar-refractivity contribution in [2.75, 3.05) is 12.5 Å². The predicted octanol–water partition coefficient (Wildman–Crippen LogP) is 3.05. The zero-order valence-electron chi connectivity index (χ0n) is 11.8. The van der Waals surface area contributed by atoms with Gasteiger partial charge in [-0.1, -0.05) is 12.1 Å². The second-order valence-corrected chi connectivity index (χ2v) is 5.60. The number of hydrogen-bond acceptors (Lipinski definition) is 4. The van der Waals surface area contributed by atoms with Crippen LogP contribution in [-0.4, -0.2) is 12.9 Å². The van der Waals surface area contributed by atoms with E-state index in [2.05, 4.69) is 13.0 Å². The smallest absolute Gasteiger partial charge is 0.231 e. The van der Waals surface area contributed by atoms with Crippen LogP contribution >= 0.6 is 0 Å². The molecule has 0 amide bonds. The summed E-state index contributed by atoms with van der Waals surface area (Å²) in [6.45, 7) is 2.39. The SMILES string of the molecule is CC1Cc2cc3c(cc2C(c2ccc(N)cc2)O1)OCO3. The lowest BCUT2D eigenvalue weighted by atomic mass is 9.90. The number of nitrogens with two attached hydrogens (primary N) is 1. The van der Waals surface area contributed by atoms with Crippen LogP contribution in [0.3, 0.4) is 0 Å². The average Bonchev–Trinajstić information content (AvgIpc) is 2.92. The van der Waals surface area contributed by atoms with Gasteiger partial charge in [-0.15, -0.1) is 0 Å². The quantitative estimate of drug-likeness (QED) is 0.817. The predicted molar refractivity (Wildman–Crippen MR) is 79.5 cm³/mol. The third kappa shape index (κ3) is 2.12. The lowest BCUT2D eigenvalue weighted by Gasteiger charge is -2.31. The van der Waals surface area contributed by atoms with Crippen molar-refractivity contribution in [2.24, 2.45) is 0 Å². The summed E-state index contributed by atoms with van der Waals surface area (Å²) in [6.07, 6.45) is 0.969. The Morgan fingerprint density at radius 1 is 1.05 bits per heavy atom. The zero-order valence-corrected chi connectivity index (χ0v) is 11.8. The molecule has 2 aliphatic rings. The highest BCUT2D eigenvalue weighted by Gasteiger charge is 2.29. The molecule has 2 unspecified atom stereocenters. The van der Waals surface area contributed by atoms with Crippen molar-refractivity contribution in [1.29, 1.82) is 0 Å². The maximum Gasteiger partial charge on any atom is 0.231 e. The Bertz CT molecular complexity index is 681. The molecule has 0 saturated heterocycles. The summed E-state index contributed by atoms with van der Waals surface area (Å²) in [6, 6.07) is 12.0. The number of anilines is 1. The van der Waals surface area contributed by atoms with Gasteiger partial charge in [0.1, 0.15) is 6.10 Å². The molecular formula is C17H17NO3. The second-order valence-electron chi connectivity index (χ2n) is 5.60. The van der Waals surface area contributed by atoms with Crippen LogP contribution in [0.25, 0.3) is 0 Å². The standard InChI is InChI=1S/C17H17NO3/c1-10-6-12-7-15-16(20-9-19-15)8-14(12)17(21-10)11-2-4-13(18)5-3-11/h2-5,7-8,10,17H,6,9,18H2,1H3. The van der Waals surface area contributed by atoms with Gasteiger partial charge in [0.2, 0.25) is 6.79 Å². The number of nitrogen functional groups attached to an aromatic ring is 1. The Labute approximate surface area is 123 Å². The zero-order chi connectivity index (χ0) is 14.4. The van der Waals surface area contributed by atoms with E-state index in [1.165, 1.54) is 5.56 Å². The molecule has 0 radical (unpaired) electrons. The van der Waals surface area contributed by atoms with E-state index in [4.69, 9.17) is 19.9 Å². The first-order valence-electron chi connectivity index (χ1n) is 7.14. The topological polar surface area (TPSA) is 53.7 Å². The van der Waals surface area contributed by atoms with E-state index in [0.29, 0.717) is 6.79 Å². The molecule has 0 aliphatic carbocycles. The maximum atomic E-state index is 6.16. The molecule has 4 nitrogen and oxygen atoms in total. The monoisotopic (exact) mass is 283 g/mol. The van der Waals surface area contributed by atoms with Crippen LogP contribution < -0.4 is 15.2 Å². The Morgan fingerprint density at radius 2 is 1.76 bits per heavy atom. The van der Waals surface area contributed by atoms with Crippen LogP contribution in [0.1, 0.15) is 29.7 Å². The van der Waals surface area contributed by atoms with E-state index in [1.54, 1.807) is 0 Å². The lowest BCUT2D eigenvalue weighted by Crippen LogP contribution is -2.24. The van der Waals surface area contributed by atoms with Crippen LogP contribution in [0, 0.1) is 0 Å². The van der Waals surface area contributed by atoms with Crippen LogP contribution in [0.2, 0.25) is 0 Å². The summed E-state index contributed by atoms with van der Waals surface area (Å²) in [4.78, 5) is 0. The van der Waals surface area contributed by atoms with Crippen molar-refractivity contribution in [3.8, 4) is 11.5 Å². The number of ether oxygens (including phenoxy) is 3. The molecule has 0 fully saturated rings. The fourth-order valence-electron chi connectivity index (χ4n) is 3.01. The molecule has 2 aliphatic heterocycles. The minimum absolute atomic E-state index is 0.0844. The maximum absolute atomic E-state index is 6.16. The molecule has 21 heavy (non-hydrogen) atoms. The van der Waals surface area contributed by atoms with Gasteiger partial charge in [-0.25, -0.2) is 0 Å². The molecule has 2 N–H and O–H groups in total. The number of fused-ring (bicyclic) bond motifs is 2. The van der Waals surface area contributed by atoms with Crippen LogP contribution in [0.15, 0.2) is 36.4 Å². The summed E-state index contributed by atoms with van der Waals surface area (Å²) in [5.41, 5.74) is 10.1. The first-order valence-corrected chi connectivity index (χ1v) is 7.14. The number of benzene rings is 2. The fourth-order valence-corrected chi connectivity index (χ4v) is 3.01. The largest absolute Gasteiger partial charge is 0.454 e. The molecule has 2 atom stereocenters. The number of rotatable bonds is 1. The molecule has 0 aromatic heterocycles. The summed E-state index contributed by atoms with van der Waals surface area (Å²) >= 11 is 0. The van der Waals surface area contributed by atoms with Gasteiger partial charge in [-0.3, -0.25) is 0 Å². The van der Waals surface area contributed by atoms with Crippen LogP contribution in [0.4, 0.5) is 5.69 Å². The minimum Gasteiger partial charge on any atom is -0.454 e. The van der Waals surface area contributed by atoms with Crippen molar-refractivity contribution in [3.05, 3.63) is 53.1 Å². The van der Waals surface area contributed by atoms with E-state index in [9.17, 15) is 0 Å². The van der Waals surface area contributed by atoms with Crippen LogP contribution in [0.5, 0.6) is 11.5 Å².